The Morgan fingerprint density at radius 3 is 1.33 bits per heavy atom. The minimum atomic E-state index is 0.123. The van der Waals surface area contributed by atoms with Gasteiger partial charge in [0.1, 0.15) is 0 Å². The van der Waals surface area contributed by atoms with Gasteiger partial charge in [0.2, 0.25) is 12.3 Å². The lowest BCUT2D eigenvalue weighted by Crippen LogP contribution is -2.44. The summed E-state index contributed by atoms with van der Waals surface area (Å²) in [6.45, 7) is 13.2. The Morgan fingerprint density at radius 1 is 0.500 bits per heavy atom. The molecule has 6 nitrogen and oxygen atoms in total. The Balaban J connectivity index is 5.11. The average molecular weight is 589 g/mol. The molecule has 0 unspecified atom stereocenters. The van der Waals surface area contributed by atoms with Crippen LogP contribution in [0, 0.1) is 0 Å². The number of carbonyl (C=O) groups is 2. The first-order valence-electron chi connectivity index (χ1n) is 17.3. The third-order valence-electron chi connectivity index (χ3n) is 7.74. The second-order valence-corrected chi connectivity index (χ2v) is 11.8. The maximum Gasteiger partial charge on any atom is 0.236 e. The molecular weight excluding hydrogens is 520 g/mol. The van der Waals surface area contributed by atoms with Crippen molar-refractivity contribution in [3.63, 3.8) is 0 Å². The van der Waals surface area contributed by atoms with Gasteiger partial charge in [-0.15, -0.1) is 0 Å². The van der Waals surface area contributed by atoms with Gasteiger partial charge in [0.05, 0.1) is 6.54 Å². The fourth-order valence-electron chi connectivity index (χ4n) is 4.70. The van der Waals surface area contributed by atoms with Crippen molar-refractivity contribution < 1.29 is 9.59 Å². The van der Waals surface area contributed by atoms with Crippen molar-refractivity contribution in [1.29, 1.82) is 0 Å². The highest BCUT2D eigenvalue weighted by atomic mass is 16.2. The van der Waals surface area contributed by atoms with Gasteiger partial charge in [-0.1, -0.05) is 95.8 Å². The van der Waals surface area contributed by atoms with Gasteiger partial charge < -0.3 is 14.7 Å². The Hall–Kier alpha value is -1.92. The quantitative estimate of drug-likeness (QED) is 0.0490. The summed E-state index contributed by atoms with van der Waals surface area (Å²) in [5.74, 6) is 0.123. The molecule has 0 aliphatic carbocycles. The summed E-state index contributed by atoms with van der Waals surface area (Å²) >= 11 is 0. The molecule has 6 heteroatoms. The van der Waals surface area contributed by atoms with Crippen molar-refractivity contribution in [3.05, 3.63) is 36.5 Å². The number of nitrogens with zero attached hydrogens (tertiary/aromatic N) is 4. The number of hydrogen-bond donors (Lipinski definition) is 0. The van der Waals surface area contributed by atoms with E-state index < -0.39 is 0 Å². The normalized spacial score (nSPS) is 12.1. The standard InChI is InChI=1S/C36H68N4O2/c1-6-9-12-15-18-21-24-27-39(28-25-22-19-16-13-10-7-2)32-33-40(29-26-23-20-17-14-11-8-3)34-36(42)38(5)31-30-37(4)35-41/h18-23,35H,6-17,24-34H2,1-5H3/b21-18-,22-19-,23-20-. The Bertz CT molecular complexity index is 683. The average Bonchev–Trinajstić information content (AvgIpc) is 2.99. The van der Waals surface area contributed by atoms with E-state index in [4.69, 9.17) is 0 Å². The van der Waals surface area contributed by atoms with Crippen LogP contribution in [0.2, 0.25) is 0 Å². The predicted octanol–water partition coefficient (Wildman–Crippen LogP) is 7.72. The van der Waals surface area contributed by atoms with Gasteiger partial charge in [0.25, 0.3) is 0 Å². The summed E-state index contributed by atoms with van der Waals surface area (Å²) in [7, 11) is 3.60. The molecule has 0 rings (SSSR count). The summed E-state index contributed by atoms with van der Waals surface area (Å²) in [5, 5.41) is 0. The molecule has 0 radical (unpaired) electrons. The molecule has 0 bridgehead atoms. The van der Waals surface area contributed by atoms with E-state index in [1.807, 2.05) is 7.05 Å². The molecule has 0 aliphatic rings. The molecule has 0 spiro atoms. The molecule has 42 heavy (non-hydrogen) atoms. The summed E-state index contributed by atoms with van der Waals surface area (Å²) in [6.07, 6.45) is 33.0. The fraction of sp³-hybridized carbons (Fsp3) is 0.778. The van der Waals surface area contributed by atoms with Gasteiger partial charge in [-0.05, 0) is 57.8 Å². The highest BCUT2D eigenvalue weighted by Gasteiger charge is 2.16. The summed E-state index contributed by atoms with van der Waals surface area (Å²) in [4.78, 5) is 32.3. The maximum absolute atomic E-state index is 13.1. The van der Waals surface area contributed by atoms with Crippen LogP contribution in [-0.4, -0.2) is 98.4 Å². The fourth-order valence-corrected chi connectivity index (χ4v) is 4.70. The van der Waals surface area contributed by atoms with Crippen molar-refractivity contribution in [2.75, 3.05) is 66.5 Å². The van der Waals surface area contributed by atoms with E-state index in [9.17, 15) is 9.59 Å². The van der Waals surface area contributed by atoms with E-state index >= 15 is 0 Å². The number of unbranched alkanes of at least 4 members (excludes halogenated alkanes) is 9. The number of likely N-dealkylation sites (N-methyl/N-ethyl adjacent to an activating group) is 2. The highest BCUT2D eigenvalue weighted by Crippen LogP contribution is 2.06. The molecule has 0 aromatic heterocycles. The second kappa shape index (κ2) is 30.5. The Kier molecular flexibility index (Phi) is 29.1. The zero-order valence-corrected chi connectivity index (χ0v) is 28.4. The summed E-state index contributed by atoms with van der Waals surface area (Å²) in [5.41, 5.74) is 0. The van der Waals surface area contributed by atoms with Crippen molar-refractivity contribution >= 4 is 12.3 Å². The molecule has 0 aliphatic heterocycles. The third-order valence-corrected chi connectivity index (χ3v) is 7.74. The van der Waals surface area contributed by atoms with E-state index in [-0.39, 0.29) is 5.91 Å². The lowest BCUT2D eigenvalue weighted by molar-refractivity contribution is -0.132. The molecule has 0 atom stereocenters. The van der Waals surface area contributed by atoms with E-state index in [0.717, 1.165) is 64.8 Å². The smallest absolute Gasteiger partial charge is 0.236 e. The van der Waals surface area contributed by atoms with Crippen molar-refractivity contribution in [2.24, 2.45) is 0 Å². The molecule has 244 valence electrons. The van der Waals surface area contributed by atoms with E-state index in [1.165, 1.54) is 70.6 Å². The SMILES string of the molecule is CCCCC/C=C\CCN(CC/C=C\CCCCC)CCN(CC/C=C\CCCCC)CC(=O)N(C)CCN(C)C=O. The van der Waals surface area contributed by atoms with Crippen LogP contribution in [0.4, 0.5) is 0 Å². The molecule has 0 heterocycles. The summed E-state index contributed by atoms with van der Waals surface area (Å²) in [6, 6.07) is 0. The van der Waals surface area contributed by atoms with Crippen LogP contribution in [0.3, 0.4) is 0 Å². The van der Waals surface area contributed by atoms with Crippen molar-refractivity contribution in [3.8, 4) is 0 Å². The van der Waals surface area contributed by atoms with Crippen LogP contribution in [0.15, 0.2) is 36.5 Å². The maximum atomic E-state index is 13.1. The van der Waals surface area contributed by atoms with Crippen LogP contribution < -0.4 is 0 Å². The first-order valence-corrected chi connectivity index (χ1v) is 17.3. The largest absolute Gasteiger partial charge is 0.347 e. The van der Waals surface area contributed by atoms with Crippen LogP contribution in [0.1, 0.15) is 117 Å². The van der Waals surface area contributed by atoms with Crippen LogP contribution >= 0.6 is 0 Å². The Morgan fingerprint density at radius 2 is 0.905 bits per heavy atom. The predicted molar refractivity (Wildman–Crippen MR) is 183 cm³/mol. The molecule has 0 N–H and O–H groups in total. The van der Waals surface area contributed by atoms with E-state index in [2.05, 4.69) is 67.0 Å². The third kappa shape index (κ3) is 25.8. The van der Waals surface area contributed by atoms with Gasteiger partial charge in [-0.25, -0.2) is 0 Å². The highest BCUT2D eigenvalue weighted by molar-refractivity contribution is 5.78. The molecular formula is C36H68N4O2. The van der Waals surface area contributed by atoms with E-state index in [0.29, 0.717) is 19.6 Å². The number of amides is 2. The first-order chi connectivity index (χ1) is 20.5. The van der Waals surface area contributed by atoms with Gasteiger partial charge in [-0.2, -0.15) is 0 Å². The molecule has 0 saturated carbocycles. The number of carbonyl (C=O) groups excluding carboxylic acids is 2. The van der Waals surface area contributed by atoms with Gasteiger partial charge in [0, 0.05) is 59.9 Å². The van der Waals surface area contributed by atoms with Crippen LogP contribution in [0.25, 0.3) is 0 Å². The second-order valence-electron chi connectivity index (χ2n) is 11.8. The molecule has 0 fully saturated rings. The minimum Gasteiger partial charge on any atom is -0.347 e. The molecule has 0 aromatic carbocycles. The zero-order valence-electron chi connectivity index (χ0n) is 28.4. The van der Waals surface area contributed by atoms with E-state index in [1.54, 1.807) is 16.8 Å². The lowest BCUT2D eigenvalue weighted by Gasteiger charge is -2.28. The Labute approximate surface area is 261 Å². The molecule has 0 aromatic rings. The van der Waals surface area contributed by atoms with Crippen molar-refractivity contribution in [1.82, 2.24) is 19.6 Å². The number of allylic oxidation sites excluding steroid dienone is 3. The monoisotopic (exact) mass is 589 g/mol. The van der Waals surface area contributed by atoms with Gasteiger partial charge in [0.15, 0.2) is 0 Å². The van der Waals surface area contributed by atoms with Gasteiger partial charge in [-0.3, -0.25) is 14.5 Å². The first kappa shape index (κ1) is 40.1. The minimum absolute atomic E-state index is 0.123. The number of rotatable bonds is 30. The number of hydrogen-bond acceptors (Lipinski definition) is 4. The van der Waals surface area contributed by atoms with Gasteiger partial charge >= 0.3 is 0 Å². The topological polar surface area (TPSA) is 47.1 Å². The van der Waals surface area contributed by atoms with Crippen molar-refractivity contribution in [2.45, 2.75) is 117 Å². The molecule has 0 saturated heterocycles. The van der Waals surface area contributed by atoms with Crippen LogP contribution in [0.5, 0.6) is 0 Å². The zero-order chi connectivity index (χ0) is 31.1. The van der Waals surface area contributed by atoms with Crippen LogP contribution in [-0.2, 0) is 9.59 Å². The summed E-state index contributed by atoms with van der Waals surface area (Å²) < 4.78 is 0. The lowest BCUT2D eigenvalue weighted by atomic mass is 10.2. The molecule has 2 amide bonds.